The number of nitrogens with zero attached hydrogens (tertiary/aromatic N) is 1. The van der Waals surface area contributed by atoms with Crippen LogP contribution in [0.5, 0.6) is 0 Å². The maximum absolute atomic E-state index is 12.8. The normalized spacial score (nSPS) is 15.0. The monoisotopic (exact) mass is 494 g/mol. The van der Waals surface area contributed by atoms with Gasteiger partial charge in [0.05, 0.1) is 30.2 Å². The predicted octanol–water partition coefficient (Wildman–Crippen LogP) is 2.95. The summed E-state index contributed by atoms with van der Waals surface area (Å²) in [4.78, 5) is 36.8. The zero-order chi connectivity index (χ0) is 24.2. The summed E-state index contributed by atoms with van der Waals surface area (Å²) < 4.78 is 36.4. The van der Waals surface area contributed by atoms with Crippen molar-refractivity contribution in [3.05, 3.63) is 58.6 Å². The van der Waals surface area contributed by atoms with E-state index >= 15 is 0 Å². The first kappa shape index (κ1) is 24.7. The molecule has 9 nitrogen and oxygen atoms in total. The fourth-order valence-electron chi connectivity index (χ4n) is 3.53. The van der Waals surface area contributed by atoms with Gasteiger partial charge in [-0.3, -0.25) is 4.79 Å². The van der Waals surface area contributed by atoms with Crippen LogP contribution in [0.4, 0.5) is 5.69 Å². The van der Waals surface area contributed by atoms with Gasteiger partial charge in [-0.15, -0.1) is 0 Å². The van der Waals surface area contributed by atoms with Gasteiger partial charge in [0.2, 0.25) is 15.9 Å². The number of sulfonamides is 1. The van der Waals surface area contributed by atoms with E-state index in [9.17, 15) is 22.8 Å². The van der Waals surface area contributed by atoms with Crippen molar-refractivity contribution >= 4 is 45.2 Å². The molecule has 33 heavy (non-hydrogen) atoms. The second-order valence-corrected chi connectivity index (χ2v) is 9.78. The minimum Gasteiger partial charge on any atom is -0.465 e. The molecular weight excluding hydrogens is 472 g/mol. The Labute approximate surface area is 196 Å². The number of halogens is 1. The Morgan fingerprint density at radius 2 is 1.45 bits per heavy atom. The second kappa shape index (κ2) is 10.3. The molecule has 0 aromatic heterocycles. The van der Waals surface area contributed by atoms with Gasteiger partial charge in [-0.1, -0.05) is 11.6 Å². The van der Waals surface area contributed by atoms with Crippen LogP contribution in [-0.4, -0.2) is 57.9 Å². The summed E-state index contributed by atoms with van der Waals surface area (Å²) in [7, 11) is -1.27. The first-order chi connectivity index (χ1) is 15.6. The lowest BCUT2D eigenvalue weighted by molar-refractivity contribution is -0.120. The lowest BCUT2D eigenvalue weighted by Gasteiger charge is -2.30. The van der Waals surface area contributed by atoms with Crippen LogP contribution in [0, 0.1) is 5.92 Å². The number of piperidine rings is 1. The lowest BCUT2D eigenvalue weighted by atomic mass is 9.97. The summed E-state index contributed by atoms with van der Waals surface area (Å²) in [5, 5.41) is 3.15. The van der Waals surface area contributed by atoms with Gasteiger partial charge < -0.3 is 14.8 Å². The van der Waals surface area contributed by atoms with E-state index < -0.39 is 27.9 Å². The van der Waals surface area contributed by atoms with Gasteiger partial charge in [-0.2, -0.15) is 4.31 Å². The van der Waals surface area contributed by atoms with Crippen LogP contribution in [0.1, 0.15) is 33.6 Å². The minimum absolute atomic E-state index is 0.0829. The highest BCUT2D eigenvalue weighted by Crippen LogP contribution is 2.26. The summed E-state index contributed by atoms with van der Waals surface area (Å²) in [6.07, 6.45) is 0.637. The number of benzene rings is 2. The first-order valence-corrected chi connectivity index (χ1v) is 11.9. The Morgan fingerprint density at radius 3 is 1.94 bits per heavy atom. The SMILES string of the molecule is COC(=O)c1cc(NC(=O)C2CCN(S(=O)(=O)c3ccc(Cl)cc3)CC2)cc(C(=O)OC)c1. The van der Waals surface area contributed by atoms with E-state index in [4.69, 9.17) is 21.1 Å². The van der Waals surface area contributed by atoms with Gasteiger partial charge in [0.15, 0.2) is 0 Å². The van der Waals surface area contributed by atoms with Crippen molar-refractivity contribution in [1.82, 2.24) is 4.31 Å². The van der Waals surface area contributed by atoms with E-state index in [1.165, 1.54) is 61.0 Å². The Hall–Kier alpha value is -2.95. The number of amides is 1. The number of rotatable bonds is 6. The molecule has 0 saturated carbocycles. The molecule has 0 aliphatic carbocycles. The molecule has 1 heterocycles. The van der Waals surface area contributed by atoms with E-state index in [-0.39, 0.29) is 40.7 Å². The zero-order valence-electron chi connectivity index (χ0n) is 18.0. The topological polar surface area (TPSA) is 119 Å². The van der Waals surface area contributed by atoms with Crippen molar-refractivity contribution in [3.63, 3.8) is 0 Å². The Bertz CT molecular complexity index is 1120. The summed E-state index contributed by atoms with van der Waals surface area (Å²) in [6, 6.07) is 10.0. The molecule has 176 valence electrons. The fraction of sp³-hybridized carbons (Fsp3) is 0.318. The zero-order valence-corrected chi connectivity index (χ0v) is 19.6. The molecule has 0 atom stereocenters. The smallest absolute Gasteiger partial charge is 0.337 e. The highest BCUT2D eigenvalue weighted by Gasteiger charge is 2.32. The summed E-state index contributed by atoms with van der Waals surface area (Å²) >= 11 is 5.83. The van der Waals surface area contributed by atoms with E-state index in [0.29, 0.717) is 17.9 Å². The van der Waals surface area contributed by atoms with Crippen molar-refractivity contribution in [1.29, 1.82) is 0 Å². The maximum Gasteiger partial charge on any atom is 0.337 e. The molecule has 0 radical (unpaired) electrons. The molecule has 2 aromatic rings. The van der Waals surface area contributed by atoms with Gasteiger partial charge in [-0.25, -0.2) is 18.0 Å². The summed E-state index contributed by atoms with van der Waals surface area (Å²) in [5.41, 5.74) is 0.402. The number of methoxy groups -OCH3 is 2. The molecule has 11 heteroatoms. The summed E-state index contributed by atoms with van der Waals surface area (Å²) in [5.74, 6) is -2.12. The number of hydrogen-bond donors (Lipinski definition) is 1. The minimum atomic E-state index is -3.68. The number of carbonyl (C=O) groups is 3. The van der Waals surface area contributed by atoms with Crippen LogP contribution < -0.4 is 5.32 Å². The third kappa shape index (κ3) is 5.70. The van der Waals surface area contributed by atoms with Gasteiger partial charge in [0, 0.05) is 29.7 Å². The van der Waals surface area contributed by atoms with Gasteiger partial charge in [0.25, 0.3) is 0 Å². The summed E-state index contributed by atoms with van der Waals surface area (Å²) in [6.45, 7) is 0.358. The molecule has 1 saturated heterocycles. The predicted molar refractivity (Wildman–Crippen MR) is 121 cm³/mol. The van der Waals surface area contributed by atoms with Gasteiger partial charge in [-0.05, 0) is 55.3 Å². The van der Waals surface area contributed by atoms with Crippen molar-refractivity contribution < 1.29 is 32.3 Å². The lowest BCUT2D eigenvalue weighted by Crippen LogP contribution is -2.41. The number of carbonyl (C=O) groups excluding carboxylic acids is 3. The highest BCUT2D eigenvalue weighted by atomic mass is 35.5. The average molecular weight is 495 g/mol. The van der Waals surface area contributed by atoms with E-state index in [0.717, 1.165) is 0 Å². The van der Waals surface area contributed by atoms with E-state index in [1.807, 2.05) is 0 Å². The third-order valence-corrected chi connectivity index (χ3v) is 7.48. The molecular formula is C22H23ClN2O7S. The molecule has 1 aliphatic heterocycles. The standard InChI is InChI=1S/C22H23ClN2O7S/c1-31-21(27)15-11-16(22(28)32-2)13-18(12-15)24-20(26)14-7-9-25(10-8-14)33(29,30)19-5-3-17(23)4-6-19/h3-6,11-14H,7-10H2,1-2H3,(H,24,26). The molecule has 1 N–H and O–H groups in total. The van der Waals surface area contributed by atoms with Crippen molar-refractivity contribution in [2.45, 2.75) is 17.7 Å². The Morgan fingerprint density at radius 1 is 0.939 bits per heavy atom. The average Bonchev–Trinajstić information content (AvgIpc) is 2.83. The third-order valence-electron chi connectivity index (χ3n) is 5.32. The first-order valence-electron chi connectivity index (χ1n) is 10.0. The van der Waals surface area contributed by atoms with Crippen LogP contribution in [0.15, 0.2) is 47.4 Å². The van der Waals surface area contributed by atoms with Crippen LogP contribution in [0.25, 0.3) is 0 Å². The van der Waals surface area contributed by atoms with Crippen molar-refractivity contribution in [3.8, 4) is 0 Å². The van der Waals surface area contributed by atoms with E-state index in [2.05, 4.69) is 5.32 Å². The molecule has 0 spiro atoms. The second-order valence-electron chi connectivity index (χ2n) is 7.40. The van der Waals surface area contributed by atoms with Crippen LogP contribution in [0.3, 0.4) is 0 Å². The van der Waals surface area contributed by atoms with Crippen molar-refractivity contribution in [2.24, 2.45) is 5.92 Å². The van der Waals surface area contributed by atoms with E-state index in [1.54, 1.807) is 0 Å². The van der Waals surface area contributed by atoms with Crippen molar-refractivity contribution in [2.75, 3.05) is 32.6 Å². The number of esters is 2. The molecule has 1 fully saturated rings. The van der Waals surface area contributed by atoms with Crippen LogP contribution >= 0.6 is 11.6 Å². The number of ether oxygens (including phenoxy) is 2. The molecule has 3 rings (SSSR count). The van der Waals surface area contributed by atoms with Gasteiger partial charge in [0.1, 0.15) is 0 Å². The molecule has 1 amide bonds. The highest BCUT2D eigenvalue weighted by molar-refractivity contribution is 7.89. The number of anilines is 1. The number of nitrogens with one attached hydrogen (secondary N) is 1. The maximum atomic E-state index is 12.8. The fourth-order valence-corrected chi connectivity index (χ4v) is 5.13. The largest absolute Gasteiger partial charge is 0.465 e. The Balaban J connectivity index is 1.69. The molecule has 2 aromatic carbocycles. The Kier molecular flexibility index (Phi) is 7.72. The molecule has 1 aliphatic rings. The molecule has 0 bridgehead atoms. The number of hydrogen-bond acceptors (Lipinski definition) is 7. The quantitative estimate of drug-likeness (QED) is 0.613. The van der Waals surface area contributed by atoms with Crippen LogP contribution in [-0.2, 0) is 24.3 Å². The molecule has 0 unspecified atom stereocenters. The van der Waals surface area contributed by atoms with Gasteiger partial charge >= 0.3 is 11.9 Å². The van der Waals surface area contributed by atoms with Crippen LogP contribution in [0.2, 0.25) is 5.02 Å².